The van der Waals surface area contributed by atoms with Gasteiger partial charge < -0.3 is 15.3 Å². The summed E-state index contributed by atoms with van der Waals surface area (Å²) in [5, 5.41) is 24.8. The minimum Gasteiger partial charge on any atom is -0.362 e. The zero-order valence-corrected chi connectivity index (χ0v) is 7.43. The molecule has 0 bridgehead atoms. The summed E-state index contributed by atoms with van der Waals surface area (Å²) in [7, 11) is -1.20. The van der Waals surface area contributed by atoms with E-state index in [9.17, 15) is 0 Å². The summed E-state index contributed by atoms with van der Waals surface area (Å²) in [6.07, 6.45) is -0.132. The molecule has 1 radical (unpaired) electrons. The first-order valence-corrected chi connectivity index (χ1v) is 4.13. The van der Waals surface area contributed by atoms with Gasteiger partial charge in [0.15, 0.2) is 19.0 Å². The average Bonchev–Trinajstić information content (AvgIpc) is 1.72. The van der Waals surface area contributed by atoms with E-state index in [1.807, 2.05) is 0 Å². The van der Waals surface area contributed by atoms with E-state index in [0.29, 0.717) is 0 Å². The van der Waals surface area contributed by atoms with Crippen LogP contribution < -0.4 is 0 Å². The molecule has 0 atom stereocenters. The van der Waals surface area contributed by atoms with Crippen molar-refractivity contribution in [2.75, 3.05) is 19.0 Å². The van der Waals surface area contributed by atoms with Crippen molar-refractivity contribution in [1.29, 1.82) is 0 Å². The molecule has 0 amide bonds. The van der Waals surface area contributed by atoms with Gasteiger partial charge in [-0.1, -0.05) is 0 Å². The second-order valence-corrected chi connectivity index (χ2v) is 3.67. The van der Waals surface area contributed by atoms with Gasteiger partial charge in [0.2, 0.25) is 0 Å². The van der Waals surface area contributed by atoms with Gasteiger partial charge >= 0.3 is 0 Å². The fraction of sp³-hybridized carbons (Fsp3) is 1.00. The topological polar surface area (TPSA) is 60.7 Å². The first-order valence-electron chi connectivity index (χ1n) is 2.01. The smallest absolute Gasteiger partial charge is 0.156 e. The van der Waals surface area contributed by atoms with Gasteiger partial charge in [-0.3, -0.25) is 0 Å². The minimum atomic E-state index is -1.20. The van der Waals surface area contributed by atoms with Crippen molar-refractivity contribution in [3.05, 3.63) is 0 Å². The first kappa shape index (κ1) is 11.8. The monoisotopic (exact) mass is 322 g/mol. The molecule has 0 saturated heterocycles. The van der Waals surface area contributed by atoms with Crippen LogP contribution in [0.5, 0.6) is 0 Å². The first-order chi connectivity index (χ1) is 3.35. The molecule has 0 aromatic carbocycles. The van der Waals surface area contributed by atoms with Crippen molar-refractivity contribution >= 4 is 7.92 Å². The predicted molar refractivity (Wildman–Crippen MR) is 29.6 cm³/mol. The second kappa shape index (κ2) is 8.05. The summed E-state index contributed by atoms with van der Waals surface area (Å²) in [6.45, 7) is 0. The molecular weight excluding hydrogens is 312 g/mol. The molecule has 5 heteroatoms. The molecule has 0 rings (SSSR count). The van der Waals surface area contributed by atoms with Crippen molar-refractivity contribution < 1.29 is 37.7 Å². The third kappa shape index (κ3) is 5.19. The summed E-state index contributed by atoms with van der Waals surface area (Å²) >= 11 is 0. The van der Waals surface area contributed by atoms with E-state index in [1.165, 1.54) is 0 Å². The van der Waals surface area contributed by atoms with Gasteiger partial charge in [-0.25, -0.2) is 0 Å². The Bertz CT molecular complexity index is 36.0. The van der Waals surface area contributed by atoms with Crippen molar-refractivity contribution in [1.82, 2.24) is 0 Å². The van der Waals surface area contributed by atoms with E-state index in [2.05, 4.69) is 0 Å². The van der Waals surface area contributed by atoms with E-state index in [4.69, 9.17) is 15.3 Å². The molecule has 0 aliphatic heterocycles. The maximum Gasteiger partial charge on any atom is 0.156 e. The molecule has 0 unspecified atom stereocenters. The van der Waals surface area contributed by atoms with Gasteiger partial charge in [-0.2, -0.15) is 0 Å². The van der Waals surface area contributed by atoms with E-state index < -0.39 is 7.92 Å². The van der Waals surface area contributed by atoms with Crippen LogP contribution in [-0.2, 0) is 22.4 Å². The summed E-state index contributed by atoms with van der Waals surface area (Å²) in [6, 6.07) is 0. The van der Waals surface area contributed by atoms with E-state index in [1.54, 1.807) is 0 Å². The Hall–Kier alpha value is 1.05. The van der Waals surface area contributed by atoms with Crippen molar-refractivity contribution in [2.45, 2.75) is 0 Å². The van der Waals surface area contributed by atoms with E-state index in [0.717, 1.165) is 0 Å². The SMILES string of the molecule is OC[PH+](CO)CO.[Au]. The Morgan fingerprint density at radius 3 is 1.12 bits per heavy atom. The molecule has 0 aliphatic carbocycles. The normalized spacial score (nSPS) is 9.00. The van der Waals surface area contributed by atoms with Crippen molar-refractivity contribution in [2.24, 2.45) is 0 Å². The molecule has 8 heavy (non-hydrogen) atoms. The van der Waals surface area contributed by atoms with Crippen LogP contribution in [0.3, 0.4) is 0 Å². The Labute approximate surface area is 65.0 Å². The maximum absolute atomic E-state index is 8.25. The van der Waals surface area contributed by atoms with Gasteiger partial charge in [0.25, 0.3) is 0 Å². The van der Waals surface area contributed by atoms with Crippen LogP contribution in [0.25, 0.3) is 0 Å². The molecule has 55 valence electrons. The van der Waals surface area contributed by atoms with Crippen LogP contribution in [0.2, 0.25) is 0 Å². The summed E-state index contributed by atoms with van der Waals surface area (Å²) < 4.78 is 0. The molecule has 0 aromatic rings. The maximum atomic E-state index is 8.25. The molecule has 0 heterocycles. The van der Waals surface area contributed by atoms with Gasteiger partial charge in [-0.15, -0.1) is 0 Å². The second-order valence-electron chi connectivity index (χ2n) is 1.22. The average molecular weight is 322 g/mol. The van der Waals surface area contributed by atoms with Gasteiger partial charge in [0.1, 0.15) is 0 Å². The van der Waals surface area contributed by atoms with Crippen LogP contribution >= 0.6 is 7.92 Å². The Balaban J connectivity index is 0. The molecule has 0 saturated carbocycles. The van der Waals surface area contributed by atoms with Gasteiger partial charge in [-0.05, 0) is 0 Å². The summed E-state index contributed by atoms with van der Waals surface area (Å²) in [5.74, 6) is 0. The van der Waals surface area contributed by atoms with Crippen molar-refractivity contribution in [3.8, 4) is 0 Å². The molecular formula is C3H10AuO3P+. The molecule has 0 aromatic heterocycles. The Morgan fingerprint density at radius 1 is 0.875 bits per heavy atom. The van der Waals surface area contributed by atoms with Gasteiger partial charge in [0, 0.05) is 22.4 Å². The van der Waals surface area contributed by atoms with Gasteiger partial charge in [0.05, 0.1) is 7.92 Å². The number of aliphatic hydroxyl groups excluding tert-OH is 3. The quantitative estimate of drug-likeness (QED) is 0.464. The summed E-state index contributed by atoms with van der Waals surface area (Å²) in [4.78, 5) is 0. The zero-order chi connectivity index (χ0) is 5.70. The number of hydrogen-bond acceptors (Lipinski definition) is 3. The largest absolute Gasteiger partial charge is 0.362 e. The zero-order valence-electron chi connectivity index (χ0n) is 4.26. The number of rotatable bonds is 3. The van der Waals surface area contributed by atoms with Crippen LogP contribution in [0.4, 0.5) is 0 Å². The predicted octanol–water partition coefficient (Wildman–Crippen LogP) is -0.953. The minimum absolute atomic E-state index is 0. The van der Waals surface area contributed by atoms with E-state index >= 15 is 0 Å². The molecule has 0 aliphatic rings. The van der Waals surface area contributed by atoms with E-state index in [-0.39, 0.29) is 41.4 Å². The Kier molecular flexibility index (Phi) is 11.9. The van der Waals surface area contributed by atoms with Crippen LogP contribution in [-0.4, -0.2) is 34.4 Å². The molecule has 0 fully saturated rings. The van der Waals surface area contributed by atoms with Crippen LogP contribution in [0.1, 0.15) is 0 Å². The number of aliphatic hydroxyl groups is 3. The third-order valence-corrected chi connectivity index (χ3v) is 2.01. The number of hydrogen-bond donors (Lipinski definition) is 3. The fourth-order valence-electron chi connectivity index (χ4n) is 0.150. The van der Waals surface area contributed by atoms with Crippen molar-refractivity contribution in [3.63, 3.8) is 0 Å². The van der Waals surface area contributed by atoms with Crippen LogP contribution in [0, 0.1) is 0 Å². The summed E-state index contributed by atoms with van der Waals surface area (Å²) in [5.41, 5.74) is 0. The fourth-order valence-corrected chi connectivity index (χ4v) is 0.450. The molecule has 3 nitrogen and oxygen atoms in total. The third-order valence-electron chi connectivity index (χ3n) is 0.671. The molecule has 3 N–H and O–H groups in total. The van der Waals surface area contributed by atoms with Crippen LogP contribution in [0.15, 0.2) is 0 Å². The molecule has 0 spiro atoms. The Morgan fingerprint density at radius 2 is 1.12 bits per heavy atom. The standard InChI is InChI=1S/C3H9O3P.Au/c4-1-7(2-5)3-6;/h4-6H,1-3H2;/p+1.